The number of carboxylic acid groups (broad SMARTS) is 1. The van der Waals surface area contributed by atoms with Crippen molar-refractivity contribution in [2.75, 3.05) is 5.32 Å². The molecule has 1 atom stereocenters. The van der Waals surface area contributed by atoms with Crippen LogP contribution in [0.3, 0.4) is 0 Å². The van der Waals surface area contributed by atoms with Crippen LogP contribution in [-0.4, -0.2) is 27.2 Å². The van der Waals surface area contributed by atoms with Crippen LogP contribution in [0, 0.1) is 11.3 Å². The lowest BCUT2D eigenvalue weighted by atomic mass is 9.76. The lowest BCUT2D eigenvalue weighted by Crippen LogP contribution is -2.37. The predicted molar refractivity (Wildman–Crippen MR) is 79.9 cm³/mol. The molecule has 0 aliphatic carbocycles. The quantitative estimate of drug-likeness (QED) is 0.788. The molecule has 6 heteroatoms. The Kier molecular flexibility index (Phi) is 3.97. The van der Waals surface area contributed by atoms with Gasteiger partial charge in [0.1, 0.15) is 0 Å². The summed E-state index contributed by atoms with van der Waals surface area (Å²) in [5, 5.41) is 19.8. The second-order valence-corrected chi connectivity index (χ2v) is 5.77. The minimum Gasteiger partial charge on any atom is -0.481 e. The number of aromatic nitrogens is 2. The van der Waals surface area contributed by atoms with E-state index >= 15 is 0 Å². The molecule has 112 valence electrons. The Labute approximate surface area is 122 Å². The third-order valence-corrected chi connectivity index (χ3v) is 4.02. The number of amides is 1. The van der Waals surface area contributed by atoms with Crippen LogP contribution in [0.4, 0.5) is 5.69 Å². The molecule has 1 heterocycles. The Morgan fingerprint density at radius 2 is 2.14 bits per heavy atom. The van der Waals surface area contributed by atoms with Gasteiger partial charge >= 0.3 is 5.97 Å². The minimum atomic E-state index is -1.08. The van der Waals surface area contributed by atoms with Crippen molar-refractivity contribution in [3.05, 3.63) is 24.4 Å². The van der Waals surface area contributed by atoms with Gasteiger partial charge < -0.3 is 10.4 Å². The first-order valence-electron chi connectivity index (χ1n) is 6.79. The summed E-state index contributed by atoms with van der Waals surface area (Å²) >= 11 is 0. The summed E-state index contributed by atoms with van der Waals surface area (Å²) in [5.41, 5.74) is 0.355. The van der Waals surface area contributed by atoms with Crippen molar-refractivity contribution in [2.24, 2.45) is 11.3 Å². The van der Waals surface area contributed by atoms with Crippen LogP contribution in [-0.2, 0) is 9.59 Å². The number of aliphatic carboxylic acids is 1. The van der Waals surface area contributed by atoms with E-state index in [0.717, 1.165) is 10.9 Å². The van der Waals surface area contributed by atoms with Crippen molar-refractivity contribution in [3.63, 3.8) is 0 Å². The number of nitrogens with zero attached hydrogens (tertiary/aromatic N) is 1. The monoisotopic (exact) mass is 289 g/mol. The van der Waals surface area contributed by atoms with Gasteiger partial charge in [-0.3, -0.25) is 14.7 Å². The Morgan fingerprint density at radius 1 is 1.43 bits per heavy atom. The maximum absolute atomic E-state index is 12.1. The molecule has 0 aliphatic heterocycles. The van der Waals surface area contributed by atoms with Crippen LogP contribution >= 0.6 is 0 Å². The smallest absolute Gasteiger partial charge is 0.310 e. The van der Waals surface area contributed by atoms with E-state index in [0.29, 0.717) is 5.69 Å². The van der Waals surface area contributed by atoms with E-state index < -0.39 is 11.4 Å². The summed E-state index contributed by atoms with van der Waals surface area (Å²) in [6, 6.07) is 5.38. The Hall–Kier alpha value is -2.37. The largest absolute Gasteiger partial charge is 0.481 e. The molecule has 1 amide bonds. The highest BCUT2D eigenvalue weighted by Crippen LogP contribution is 2.31. The number of hydrogen-bond acceptors (Lipinski definition) is 3. The fraction of sp³-hybridized carbons (Fsp3) is 0.400. The van der Waals surface area contributed by atoms with Crippen molar-refractivity contribution in [3.8, 4) is 0 Å². The number of rotatable bonds is 5. The van der Waals surface area contributed by atoms with E-state index in [9.17, 15) is 14.7 Å². The van der Waals surface area contributed by atoms with Crippen molar-refractivity contribution in [2.45, 2.75) is 27.2 Å². The number of hydrogen-bond donors (Lipinski definition) is 3. The van der Waals surface area contributed by atoms with Crippen LogP contribution < -0.4 is 5.32 Å². The lowest BCUT2D eigenvalue weighted by Gasteiger charge is -2.28. The van der Waals surface area contributed by atoms with E-state index in [-0.39, 0.29) is 18.2 Å². The normalized spacial score (nSPS) is 14.1. The van der Waals surface area contributed by atoms with Gasteiger partial charge in [0, 0.05) is 17.5 Å². The highest BCUT2D eigenvalue weighted by Gasteiger charge is 2.38. The van der Waals surface area contributed by atoms with E-state index in [2.05, 4.69) is 15.5 Å². The predicted octanol–water partition coefficient (Wildman–Crippen LogP) is 2.64. The fourth-order valence-corrected chi connectivity index (χ4v) is 2.08. The van der Waals surface area contributed by atoms with E-state index in [4.69, 9.17) is 0 Å². The first-order chi connectivity index (χ1) is 9.83. The van der Waals surface area contributed by atoms with Crippen LogP contribution in [0.5, 0.6) is 0 Å². The van der Waals surface area contributed by atoms with Gasteiger partial charge in [0.25, 0.3) is 0 Å². The Morgan fingerprint density at radius 3 is 2.76 bits per heavy atom. The summed E-state index contributed by atoms with van der Waals surface area (Å²) in [4.78, 5) is 23.5. The number of H-pyrrole nitrogens is 1. The molecule has 21 heavy (non-hydrogen) atoms. The highest BCUT2D eigenvalue weighted by molar-refractivity contribution is 5.96. The maximum Gasteiger partial charge on any atom is 0.310 e. The molecule has 1 aromatic heterocycles. The summed E-state index contributed by atoms with van der Waals surface area (Å²) < 4.78 is 0. The summed E-state index contributed by atoms with van der Waals surface area (Å²) in [5.74, 6) is -1.42. The topological polar surface area (TPSA) is 95.1 Å². The number of carbonyl (C=O) groups is 2. The van der Waals surface area contributed by atoms with E-state index in [1.165, 1.54) is 0 Å². The molecule has 6 nitrogen and oxygen atoms in total. The van der Waals surface area contributed by atoms with Crippen LogP contribution in [0.2, 0.25) is 0 Å². The molecule has 2 rings (SSSR count). The maximum atomic E-state index is 12.1. The van der Waals surface area contributed by atoms with Crippen molar-refractivity contribution >= 4 is 28.5 Å². The zero-order chi connectivity index (χ0) is 15.6. The van der Waals surface area contributed by atoms with Crippen LogP contribution in [0.25, 0.3) is 10.9 Å². The number of carbonyl (C=O) groups excluding carboxylic acids is 1. The van der Waals surface area contributed by atoms with Gasteiger partial charge in [0.2, 0.25) is 5.91 Å². The highest BCUT2D eigenvalue weighted by atomic mass is 16.4. The average Bonchev–Trinajstić information content (AvgIpc) is 2.85. The number of nitrogens with one attached hydrogen (secondary N) is 2. The number of aromatic amines is 1. The van der Waals surface area contributed by atoms with Gasteiger partial charge in [0.15, 0.2) is 0 Å². The Balaban J connectivity index is 2.12. The average molecular weight is 289 g/mol. The molecule has 0 bridgehead atoms. The first-order valence-corrected chi connectivity index (χ1v) is 6.79. The molecule has 1 unspecified atom stereocenters. The summed E-state index contributed by atoms with van der Waals surface area (Å²) in [6.07, 6.45) is 1.63. The third-order valence-electron chi connectivity index (χ3n) is 4.02. The molecular weight excluding hydrogens is 270 g/mol. The van der Waals surface area contributed by atoms with Gasteiger partial charge in [-0.05, 0) is 31.0 Å². The summed E-state index contributed by atoms with van der Waals surface area (Å²) in [6.45, 7) is 5.20. The number of benzene rings is 1. The zero-order valence-electron chi connectivity index (χ0n) is 12.3. The molecule has 0 saturated heterocycles. The van der Waals surface area contributed by atoms with Gasteiger partial charge in [-0.2, -0.15) is 5.10 Å². The molecule has 0 saturated carbocycles. The van der Waals surface area contributed by atoms with Crippen LogP contribution in [0.1, 0.15) is 27.2 Å². The molecular formula is C15H19N3O3. The van der Waals surface area contributed by atoms with Gasteiger partial charge in [-0.15, -0.1) is 0 Å². The van der Waals surface area contributed by atoms with Crippen LogP contribution in [0.15, 0.2) is 24.4 Å². The number of carboxylic acids is 1. The molecule has 0 radical (unpaired) electrons. The third kappa shape index (κ3) is 3.04. The number of fused-ring (bicyclic) bond motifs is 1. The second kappa shape index (κ2) is 5.55. The SMILES string of the molecule is CC(C)C(C)(CC(=O)Nc1ccc2cn[nH]c2c1)C(=O)O. The molecule has 0 spiro atoms. The zero-order valence-corrected chi connectivity index (χ0v) is 12.3. The first kappa shape index (κ1) is 15.0. The van der Waals surface area contributed by atoms with Gasteiger partial charge in [0.05, 0.1) is 17.1 Å². The Bertz CT molecular complexity index is 678. The standard InChI is InChI=1S/C15H19N3O3/c1-9(2)15(3,14(20)21)7-13(19)17-11-5-4-10-8-16-18-12(10)6-11/h4-6,8-9H,7H2,1-3H3,(H,16,18)(H,17,19)(H,20,21). The second-order valence-electron chi connectivity index (χ2n) is 5.77. The molecule has 1 aromatic carbocycles. The fourth-order valence-electron chi connectivity index (χ4n) is 2.08. The van der Waals surface area contributed by atoms with E-state index in [1.54, 1.807) is 39.1 Å². The molecule has 2 aromatic rings. The van der Waals surface area contributed by atoms with Crippen molar-refractivity contribution in [1.29, 1.82) is 0 Å². The van der Waals surface area contributed by atoms with Crippen molar-refractivity contribution in [1.82, 2.24) is 10.2 Å². The molecule has 3 N–H and O–H groups in total. The lowest BCUT2D eigenvalue weighted by molar-refractivity contribution is -0.153. The summed E-state index contributed by atoms with van der Waals surface area (Å²) in [7, 11) is 0. The van der Waals surface area contributed by atoms with Crippen molar-refractivity contribution < 1.29 is 14.7 Å². The molecule has 0 aliphatic rings. The van der Waals surface area contributed by atoms with Gasteiger partial charge in [-0.25, -0.2) is 0 Å². The van der Waals surface area contributed by atoms with E-state index in [1.807, 2.05) is 6.07 Å². The molecule has 0 fully saturated rings. The van der Waals surface area contributed by atoms with Gasteiger partial charge in [-0.1, -0.05) is 13.8 Å². The number of anilines is 1. The minimum absolute atomic E-state index is 0.0684.